The first-order valence-electron chi connectivity index (χ1n) is 19.0. The van der Waals surface area contributed by atoms with E-state index < -0.39 is 0 Å². The van der Waals surface area contributed by atoms with Gasteiger partial charge in [0.05, 0.1) is 0 Å². The van der Waals surface area contributed by atoms with E-state index in [1.165, 1.54) is 128 Å². The van der Waals surface area contributed by atoms with Crippen LogP contribution in [-0.2, 0) is 0 Å². The van der Waals surface area contributed by atoms with Crippen molar-refractivity contribution in [1.29, 1.82) is 0 Å². The minimum atomic E-state index is 0.929. The molecule has 0 spiro atoms. The van der Waals surface area contributed by atoms with Crippen LogP contribution < -0.4 is 0 Å². The first-order chi connectivity index (χ1) is 19.0. The summed E-state index contributed by atoms with van der Waals surface area (Å²) in [6, 6.07) is 0. The van der Waals surface area contributed by atoms with Crippen molar-refractivity contribution in [1.82, 2.24) is 0 Å². The fourth-order valence-corrected chi connectivity index (χ4v) is 7.27. The van der Waals surface area contributed by atoms with Gasteiger partial charge in [-0.25, -0.2) is 0 Å². The Morgan fingerprint density at radius 1 is 0.225 bits per heavy atom. The normalized spacial score (nSPS) is 22.9. The highest BCUT2D eigenvalue weighted by Crippen LogP contribution is 2.36. The van der Waals surface area contributed by atoms with Gasteiger partial charge in [-0.15, -0.1) is 0 Å². The first-order valence-corrected chi connectivity index (χ1v) is 19.0. The van der Waals surface area contributed by atoms with Crippen molar-refractivity contribution < 1.29 is 0 Å². The molecule has 5 saturated carbocycles. The van der Waals surface area contributed by atoms with Crippen LogP contribution in [0.4, 0.5) is 0 Å². The monoisotopic (exact) mass is 561 g/mol. The molecule has 0 aliphatic heterocycles. The Morgan fingerprint density at radius 2 is 0.400 bits per heavy atom. The van der Waals surface area contributed by atoms with Crippen LogP contribution in [0.15, 0.2) is 0 Å². The quantitative estimate of drug-likeness (QED) is 0.293. The highest BCUT2D eigenvalue weighted by molar-refractivity contribution is 4.75. The van der Waals surface area contributed by atoms with Gasteiger partial charge in [-0.2, -0.15) is 0 Å². The molecule has 5 aliphatic rings. The van der Waals surface area contributed by atoms with Gasteiger partial charge in [0.25, 0.3) is 0 Å². The molecule has 0 saturated heterocycles. The molecule has 5 aliphatic carbocycles. The lowest BCUT2D eigenvalue weighted by molar-refractivity contribution is 0.235. The van der Waals surface area contributed by atoms with Crippen molar-refractivity contribution in [2.75, 3.05) is 0 Å². The zero-order valence-electron chi connectivity index (χ0n) is 29.9. The Morgan fingerprint density at radius 3 is 0.550 bits per heavy atom. The SMILES string of the molecule is CC(C)C1CC1.CC(C)C1CCC1.CC(C)C1CCCC1.CC(C)C1CCCCC1.CC(C)C1CCCCCC1. The van der Waals surface area contributed by atoms with Crippen molar-refractivity contribution in [2.45, 2.75) is 198 Å². The summed E-state index contributed by atoms with van der Waals surface area (Å²) in [5, 5.41) is 0. The maximum Gasteiger partial charge on any atom is -0.0391 e. The Labute approximate surface area is 256 Å². The lowest BCUT2D eigenvalue weighted by atomic mass is 9.78. The minimum absolute atomic E-state index is 0.929. The maximum atomic E-state index is 2.37. The number of hydrogen-bond acceptors (Lipinski definition) is 0. The fraction of sp³-hybridized carbons (Fsp3) is 1.00. The molecule has 0 aromatic heterocycles. The average molecular weight is 561 g/mol. The summed E-state index contributed by atoms with van der Waals surface area (Å²) >= 11 is 0. The minimum Gasteiger partial charge on any atom is -0.0625 e. The zero-order chi connectivity index (χ0) is 29.9. The molecule has 240 valence electrons. The summed E-state index contributed by atoms with van der Waals surface area (Å²) in [4.78, 5) is 0. The van der Waals surface area contributed by atoms with Crippen LogP contribution in [0.2, 0.25) is 0 Å². The molecule has 40 heavy (non-hydrogen) atoms. The molecule has 0 aromatic carbocycles. The summed E-state index contributed by atoms with van der Waals surface area (Å²) in [5.74, 6) is 10.1. The second-order valence-electron chi connectivity index (χ2n) is 16.4. The fourth-order valence-electron chi connectivity index (χ4n) is 7.27. The van der Waals surface area contributed by atoms with Crippen molar-refractivity contribution in [2.24, 2.45) is 59.2 Å². The third kappa shape index (κ3) is 18.5. The van der Waals surface area contributed by atoms with Gasteiger partial charge in [-0.1, -0.05) is 185 Å². The highest BCUT2D eigenvalue weighted by atomic mass is 14.3. The molecule has 0 atom stereocenters. The molecule has 0 amide bonds. The molecule has 0 heteroatoms. The lowest BCUT2D eigenvalue weighted by Crippen LogP contribution is -2.16. The molecule has 0 radical (unpaired) electrons. The summed E-state index contributed by atoms with van der Waals surface area (Å²) in [5.41, 5.74) is 0. The third-order valence-corrected chi connectivity index (χ3v) is 11.4. The smallest absolute Gasteiger partial charge is 0.0391 e. The van der Waals surface area contributed by atoms with Crippen LogP contribution in [-0.4, -0.2) is 0 Å². The first kappa shape index (κ1) is 38.0. The van der Waals surface area contributed by atoms with E-state index in [9.17, 15) is 0 Å². The standard InChI is InChI=1S/C10H20.C9H18.C8H16.C7H14.C6H12/c1-9(2)10-7-5-3-4-6-8-10;1-8(2)9-6-4-3-5-7-9;1-7(2)8-5-3-4-6-8;1-6(2)7-4-3-5-7;1-5(2)6-3-4-6/h9-10H,3-8H2,1-2H3;8-9H,3-7H2,1-2H3;7-8H,3-6H2,1-2H3;6-7H,3-5H2,1-2H3;5-6H,3-4H2,1-2H3. The van der Waals surface area contributed by atoms with Crippen molar-refractivity contribution in [3.8, 4) is 0 Å². The Bertz CT molecular complexity index is 526. The van der Waals surface area contributed by atoms with Gasteiger partial charge in [-0.3, -0.25) is 0 Å². The molecule has 0 bridgehead atoms. The van der Waals surface area contributed by atoms with E-state index in [4.69, 9.17) is 0 Å². The van der Waals surface area contributed by atoms with Gasteiger partial charge in [0.1, 0.15) is 0 Å². The largest absolute Gasteiger partial charge is 0.0625 e. The Hall–Kier alpha value is 0. The van der Waals surface area contributed by atoms with Crippen molar-refractivity contribution >= 4 is 0 Å². The van der Waals surface area contributed by atoms with Crippen molar-refractivity contribution in [3.63, 3.8) is 0 Å². The molecule has 0 heterocycles. The van der Waals surface area contributed by atoms with E-state index in [1.807, 2.05) is 0 Å². The summed E-state index contributed by atoms with van der Waals surface area (Å²) in [7, 11) is 0. The summed E-state index contributed by atoms with van der Waals surface area (Å²) < 4.78 is 0. The third-order valence-electron chi connectivity index (χ3n) is 11.4. The van der Waals surface area contributed by atoms with Gasteiger partial charge in [-0.05, 0) is 72.0 Å². The predicted octanol–water partition coefficient (Wildman–Crippen LogP) is 14.2. The van der Waals surface area contributed by atoms with Gasteiger partial charge in [0, 0.05) is 0 Å². The van der Waals surface area contributed by atoms with Gasteiger partial charge >= 0.3 is 0 Å². The molecule has 5 rings (SSSR count). The van der Waals surface area contributed by atoms with Crippen LogP contribution in [0.5, 0.6) is 0 Å². The number of rotatable bonds is 5. The average Bonchev–Trinajstić information content (AvgIpc) is 3.65. The van der Waals surface area contributed by atoms with E-state index >= 15 is 0 Å². The second-order valence-corrected chi connectivity index (χ2v) is 16.4. The van der Waals surface area contributed by atoms with E-state index in [0.717, 1.165) is 59.2 Å². The predicted molar refractivity (Wildman–Crippen MR) is 184 cm³/mol. The van der Waals surface area contributed by atoms with E-state index in [1.54, 1.807) is 0 Å². The molecular formula is C40H80. The van der Waals surface area contributed by atoms with E-state index in [-0.39, 0.29) is 0 Å². The molecule has 0 N–H and O–H groups in total. The van der Waals surface area contributed by atoms with Gasteiger partial charge in [0.15, 0.2) is 0 Å². The topological polar surface area (TPSA) is 0 Å². The molecule has 5 fully saturated rings. The lowest BCUT2D eigenvalue weighted by Gasteiger charge is -2.28. The Balaban J connectivity index is 0.000000252. The van der Waals surface area contributed by atoms with Gasteiger partial charge in [0.2, 0.25) is 0 Å². The highest BCUT2D eigenvalue weighted by Gasteiger charge is 2.24. The number of hydrogen-bond donors (Lipinski definition) is 0. The van der Waals surface area contributed by atoms with E-state index in [2.05, 4.69) is 69.2 Å². The van der Waals surface area contributed by atoms with Crippen LogP contribution >= 0.6 is 0 Å². The molecule has 0 nitrogen and oxygen atoms in total. The summed E-state index contributed by atoms with van der Waals surface area (Å²) in [6.07, 6.45) is 29.9. The second kappa shape index (κ2) is 22.5. The van der Waals surface area contributed by atoms with Crippen LogP contribution in [0.1, 0.15) is 198 Å². The van der Waals surface area contributed by atoms with Crippen molar-refractivity contribution in [3.05, 3.63) is 0 Å². The molecule has 0 aromatic rings. The summed E-state index contributed by atoms with van der Waals surface area (Å²) in [6.45, 7) is 23.4. The van der Waals surface area contributed by atoms with Crippen LogP contribution in [0.3, 0.4) is 0 Å². The van der Waals surface area contributed by atoms with Crippen LogP contribution in [0, 0.1) is 59.2 Å². The Kier molecular flexibility index (Phi) is 21.4. The maximum absolute atomic E-state index is 2.37. The van der Waals surface area contributed by atoms with Crippen LogP contribution in [0.25, 0.3) is 0 Å². The zero-order valence-corrected chi connectivity index (χ0v) is 29.9. The molecular weight excluding hydrogens is 480 g/mol. The molecule has 0 unspecified atom stereocenters. The van der Waals surface area contributed by atoms with Gasteiger partial charge < -0.3 is 0 Å². The van der Waals surface area contributed by atoms with E-state index in [0.29, 0.717) is 0 Å².